The molecule has 0 spiro atoms. The van der Waals surface area contributed by atoms with Crippen molar-refractivity contribution in [1.82, 2.24) is 4.98 Å². The maximum absolute atomic E-state index is 9.26. The minimum absolute atomic E-state index is 0.500. The summed E-state index contributed by atoms with van der Waals surface area (Å²) in [6.45, 7) is 0. The fourth-order valence-electron chi connectivity index (χ4n) is 2.63. The first kappa shape index (κ1) is 13.1. The Kier molecular flexibility index (Phi) is 3.98. The van der Waals surface area contributed by atoms with E-state index in [1.165, 1.54) is 32.1 Å². The van der Waals surface area contributed by atoms with Crippen molar-refractivity contribution in [1.29, 1.82) is 5.26 Å². The Balaban J connectivity index is 1.84. The van der Waals surface area contributed by atoms with Crippen LogP contribution >= 0.6 is 11.3 Å². The number of rotatable bonds is 3. The zero-order valence-corrected chi connectivity index (χ0v) is 12.1. The number of nitrogens with one attached hydrogen (secondary N) is 1. The number of thiazole rings is 1. The number of aromatic nitrogens is 1. The lowest BCUT2D eigenvalue weighted by molar-refractivity contribution is 0.463. The molecule has 1 heterocycles. The smallest absolute Gasteiger partial charge is 0.175 e. The Morgan fingerprint density at radius 2 is 1.90 bits per heavy atom. The number of benzene rings is 1. The average Bonchev–Trinajstić information content (AvgIpc) is 2.92. The molecule has 1 aromatic carbocycles. The van der Waals surface area contributed by atoms with E-state index in [1.807, 2.05) is 30.3 Å². The molecule has 1 aromatic heterocycles. The molecule has 0 amide bonds. The van der Waals surface area contributed by atoms with Crippen LogP contribution in [-0.2, 0) is 0 Å². The molecule has 4 heteroatoms. The lowest BCUT2D eigenvalue weighted by Crippen LogP contribution is -2.22. The number of hydrogen-bond donors (Lipinski definition) is 1. The highest BCUT2D eigenvalue weighted by molar-refractivity contribution is 7.19. The summed E-state index contributed by atoms with van der Waals surface area (Å²) < 4.78 is 0. The Morgan fingerprint density at radius 3 is 2.60 bits per heavy atom. The topological polar surface area (TPSA) is 48.7 Å². The van der Waals surface area contributed by atoms with Gasteiger partial charge in [-0.2, -0.15) is 5.26 Å². The van der Waals surface area contributed by atoms with E-state index in [2.05, 4.69) is 16.4 Å². The van der Waals surface area contributed by atoms with E-state index in [4.69, 9.17) is 0 Å². The fraction of sp³-hybridized carbons (Fsp3) is 0.375. The largest absolute Gasteiger partial charge is 0.372 e. The summed E-state index contributed by atoms with van der Waals surface area (Å²) in [6, 6.07) is 12.8. The predicted octanol–water partition coefficient (Wildman–Crippen LogP) is 4.43. The van der Waals surface area contributed by atoms with Crippen molar-refractivity contribution in [2.75, 3.05) is 5.32 Å². The van der Waals surface area contributed by atoms with E-state index < -0.39 is 0 Å². The van der Waals surface area contributed by atoms with Gasteiger partial charge in [0, 0.05) is 11.6 Å². The van der Waals surface area contributed by atoms with Gasteiger partial charge in [-0.1, -0.05) is 60.9 Å². The van der Waals surface area contributed by atoms with Crippen LogP contribution in [0.3, 0.4) is 0 Å². The van der Waals surface area contributed by atoms with Crippen molar-refractivity contribution in [2.24, 2.45) is 0 Å². The third kappa shape index (κ3) is 2.83. The zero-order chi connectivity index (χ0) is 13.8. The highest BCUT2D eigenvalue weighted by atomic mass is 32.1. The van der Waals surface area contributed by atoms with Crippen molar-refractivity contribution in [3.63, 3.8) is 0 Å². The van der Waals surface area contributed by atoms with Crippen LogP contribution in [0.15, 0.2) is 30.3 Å². The minimum atomic E-state index is 0.500. The van der Waals surface area contributed by atoms with Gasteiger partial charge in [-0.3, -0.25) is 0 Å². The maximum atomic E-state index is 9.26. The van der Waals surface area contributed by atoms with Gasteiger partial charge in [0.15, 0.2) is 5.69 Å². The van der Waals surface area contributed by atoms with E-state index in [0.717, 1.165) is 15.6 Å². The average molecular weight is 283 g/mol. The molecule has 0 bridgehead atoms. The first-order valence-electron chi connectivity index (χ1n) is 7.09. The van der Waals surface area contributed by atoms with Crippen LogP contribution in [0.5, 0.6) is 0 Å². The van der Waals surface area contributed by atoms with Gasteiger partial charge in [0.25, 0.3) is 0 Å². The Morgan fingerprint density at radius 1 is 1.15 bits per heavy atom. The quantitative estimate of drug-likeness (QED) is 0.906. The molecule has 1 N–H and O–H groups in total. The molecule has 3 rings (SSSR count). The maximum Gasteiger partial charge on any atom is 0.175 e. The molecule has 1 saturated carbocycles. The molecule has 0 aliphatic heterocycles. The Labute approximate surface area is 123 Å². The van der Waals surface area contributed by atoms with Crippen molar-refractivity contribution in [3.8, 4) is 16.6 Å². The number of anilines is 1. The highest BCUT2D eigenvalue weighted by Crippen LogP contribution is 2.33. The molecule has 1 aliphatic carbocycles. The summed E-state index contributed by atoms with van der Waals surface area (Å²) in [5.41, 5.74) is 1.60. The van der Waals surface area contributed by atoms with Gasteiger partial charge >= 0.3 is 0 Å². The fourth-order valence-corrected chi connectivity index (χ4v) is 3.63. The molecule has 0 saturated heterocycles. The zero-order valence-electron chi connectivity index (χ0n) is 11.3. The van der Waals surface area contributed by atoms with Gasteiger partial charge in [-0.05, 0) is 12.8 Å². The van der Waals surface area contributed by atoms with Gasteiger partial charge < -0.3 is 5.32 Å². The first-order valence-corrected chi connectivity index (χ1v) is 7.91. The number of hydrogen-bond acceptors (Lipinski definition) is 4. The van der Waals surface area contributed by atoms with Crippen LogP contribution in [0.25, 0.3) is 10.6 Å². The van der Waals surface area contributed by atoms with Crippen LogP contribution in [0.1, 0.15) is 37.8 Å². The second kappa shape index (κ2) is 6.06. The summed E-state index contributed by atoms with van der Waals surface area (Å²) in [5.74, 6) is 0. The van der Waals surface area contributed by atoms with Crippen LogP contribution in [0.4, 0.5) is 5.00 Å². The van der Waals surface area contributed by atoms with Crippen molar-refractivity contribution in [3.05, 3.63) is 36.0 Å². The summed E-state index contributed by atoms with van der Waals surface area (Å²) in [7, 11) is 0. The molecule has 20 heavy (non-hydrogen) atoms. The second-order valence-corrected chi connectivity index (χ2v) is 6.15. The second-order valence-electron chi connectivity index (χ2n) is 5.15. The predicted molar refractivity (Wildman–Crippen MR) is 82.8 cm³/mol. The Bertz CT molecular complexity index is 606. The highest BCUT2D eigenvalue weighted by Gasteiger charge is 2.18. The standard InChI is InChI=1S/C16H17N3S/c17-11-14-16(18-13-9-5-2-6-10-13)20-15(19-14)12-7-3-1-4-8-12/h1,3-4,7-8,13,18H,2,5-6,9-10H2. The van der Waals surface area contributed by atoms with Crippen LogP contribution in [0, 0.1) is 11.3 Å². The molecule has 0 radical (unpaired) electrons. The first-order chi connectivity index (χ1) is 9.86. The SMILES string of the molecule is N#Cc1nc(-c2ccccc2)sc1NC1CCCCC1. The molecule has 1 aliphatic rings. The van der Waals surface area contributed by atoms with Gasteiger partial charge in [0.1, 0.15) is 16.1 Å². The molecule has 2 aromatic rings. The summed E-state index contributed by atoms with van der Waals surface area (Å²) in [4.78, 5) is 4.46. The summed E-state index contributed by atoms with van der Waals surface area (Å²) >= 11 is 1.59. The molecule has 0 unspecified atom stereocenters. The number of nitrogens with zero attached hydrogens (tertiary/aromatic N) is 2. The van der Waals surface area contributed by atoms with Crippen LogP contribution in [-0.4, -0.2) is 11.0 Å². The van der Waals surface area contributed by atoms with E-state index in [9.17, 15) is 5.26 Å². The molecule has 0 atom stereocenters. The van der Waals surface area contributed by atoms with Crippen molar-refractivity contribution < 1.29 is 0 Å². The van der Waals surface area contributed by atoms with Crippen molar-refractivity contribution in [2.45, 2.75) is 38.1 Å². The normalized spacial score (nSPS) is 15.8. The Hall–Kier alpha value is -1.86. The van der Waals surface area contributed by atoms with E-state index in [0.29, 0.717) is 11.7 Å². The van der Waals surface area contributed by atoms with E-state index >= 15 is 0 Å². The third-order valence-corrected chi connectivity index (χ3v) is 4.73. The van der Waals surface area contributed by atoms with E-state index in [-0.39, 0.29) is 0 Å². The monoisotopic (exact) mass is 283 g/mol. The van der Waals surface area contributed by atoms with Crippen LogP contribution in [0.2, 0.25) is 0 Å². The van der Waals surface area contributed by atoms with Crippen molar-refractivity contribution >= 4 is 16.3 Å². The molecule has 3 nitrogen and oxygen atoms in total. The molecular formula is C16H17N3S. The van der Waals surface area contributed by atoms with Gasteiger partial charge in [0.2, 0.25) is 0 Å². The lowest BCUT2D eigenvalue weighted by atomic mass is 9.96. The van der Waals surface area contributed by atoms with Gasteiger partial charge in [0.05, 0.1) is 0 Å². The van der Waals surface area contributed by atoms with Gasteiger partial charge in [-0.15, -0.1) is 0 Å². The summed E-state index contributed by atoms with van der Waals surface area (Å²) in [5, 5.41) is 14.6. The molecular weight excluding hydrogens is 266 g/mol. The van der Waals surface area contributed by atoms with Crippen LogP contribution < -0.4 is 5.32 Å². The molecule has 1 fully saturated rings. The minimum Gasteiger partial charge on any atom is -0.372 e. The van der Waals surface area contributed by atoms with Gasteiger partial charge in [-0.25, -0.2) is 4.98 Å². The lowest BCUT2D eigenvalue weighted by Gasteiger charge is -2.22. The summed E-state index contributed by atoms with van der Waals surface area (Å²) in [6.07, 6.45) is 6.29. The number of nitriles is 1. The third-order valence-electron chi connectivity index (χ3n) is 3.69. The van der Waals surface area contributed by atoms with E-state index in [1.54, 1.807) is 11.3 Å². The molecule has 102 valence electrons.